The predicted molar refractivity (Wildman–Crippen MR) is 68.9 cm³/mol. The van der Waals surface area contributed by atoms with Crippen LogP contribution in [0, 0.1) is 0 Å². The molecule has 94 valence electrons. The van der Waals surface area contributed by atoms with Crippen molar-refractivity contribution in [2.45, 2.75) is 18.4 Å². The van der Waals surface area contributed by atoms with Crippen molar-refractivity contribution in [1.82, 2.24) is 10.6 Å². The minimum absolute atomic E-state index is 0.172. The molecule has 1 aromatic rings. The molecule has 2 heterocycles. The standard InChI is InChI=1S/C11H15ClN2O2S/c12-9-2-1-8(17-9)3-4-14-11(5-10(15)16)6-13-7-11/h1-2,13-14H,3-7H2,(H,15,16). The van der Waals surface area contributed by atoms with Crippen LogP contribution in [-0.4, -0.2) is 36.2 Å². The van der Waals surface area contributed by atoms with Gasteiger partial charge in [0.2, 0.25) is 0 Å². The van der Waals surface area contributed by atoms with E-state index in [4.69, 9.17) is 16.7 Å². The Balaban J connectivity index is 1.78. The first-order chi connectivity index (χ1) is 8.10. The van der Waals surface area contributed by atoms with E-state index in [2.05, 4.69) is 10.6 Å². The summed E-state index contributed by atoms with van der Waals surface area (Å²) in [5.41, 5.74) is -0.257. The van der Waals surface area contributed by atoms with Gasteiger partial charge >= 0.3 is 5.97 Å². The Morgan fingerprint density at radius 2 is 2.35 bits per heavy atom. The summed E-state index contributed by atoms with van der Waals surface area (Å²) < 4.78 is 0.797. The molecule has 0 spiro atoms. The van der Waals surface area contributed by atoms with E-state index < -0.39 is 5.97 Å². The average molecular weight is 275 g/mol. The molecule has 1 fully saturated rings. The maximum Gasteiger partial charge on any atom is 0.305 e. The number of carbonyl (C=O) groups is 1. The molecule has 0 unspecified atom stereocenters. The fourth-order valence-corrected chi connectivity index (χ4v) is 3.05. The summed E-state index contributed by atoms with van der Waals surface area (Å²) in [5, 5.41) is 15.3. The molecule has 4 nitrogen and oxygen atoms in total. The quantitative estimate of drug-likeness (QED) is 0.733. The number of nitrogens with one attached hydrogen (secondary N) is 2. The lowest BCUT2D eigenvalue weighted by atomic mass is 9.88. The molecule has 0 atom stereocenters. The molecule has 1 saturated heterocycles. The van der Waals surface area contributed by atoms with Gasteiger partial charge in [-0.1, -0.05) is 11.6 Å². The molecule has 0 radical (unpaired) electrons. The predicted octanol–water partition coefficient (Wildman–Crippen LogP) is 1.35. The highest BCUT2D eigenvalue weighted by Crippen LogP contribution is 2.22. The molecular weight excluding hydrogens is 260 g/mol. The van der Waals surface area contributed by atoms with Crippen molar-refractivity contribution in [1.29, 1.82) is 0 Å². The third-order valence-electron chi connectivity index (χ3n) is 2.92. The van der Waals surface area contributed by atoms with Gasteiger partial charge in [-0.25, -0.2) is 0 Å². The number of hydrogen-bond donors (Lipinski definition) is 3. The highest BCUT2D eigenvalue weighted by Gasteiger charge is 2.38. The molecular formula is C11H15ClN2O2S. The molecule has 1 aromatic heterocycles. The number of carboxylic acids is 1. The molecule has 6 heteroatoms. The van der Waals surface area contributed by atoms with Gasteiger partial charge in [-0.15, -0.1) is 11.3 Å². The van der Waals surface area contributed by atoms with Crippen LogP contribution in [0.4, 0.5) is 0 Å². The van der Waals surface area contributed by atoms with E-state index in [0.29, 0.717) is 0 Å². The second-order valence-electron chi connectivity index (χ2n) is 4.34. The van der Waals surface area contributed by atoms with E-state index in [9.17, 15) is 4.79 Å². The van der Waals surface area contributed by atoms with Crippen LogP contribution in [0.2, 0.25) is 4.34 Å². The molecule has 17 heavy (non-hydrogen) atoms. The van der Waals surface area contributed by atoms with Crippen molar-refractivity contribution in [2.24, 2.45) is 0 Å². The first kappa shape index (κ1) is 12.8. The van der Waals surface area contributed by atoms with Crippen LogP contribution in [0.3, 0.4) is 0 Å². The van der Waals surface area contributed by atoms with Crippen LogP contribution in [0.15, 0.2) is 12.1 Å². The minimum atomic E-state index is -0.752. The van der Waals surface area contributed by atoms with Crippen LogP contribution < -0.4 is 10.6 Å². The smallest absolute Gasteiger partial charge is 0.305 e. The van der Waals surface area contributed by atoms with Gasteiger partial charge in [0.25, 0.3) is 0 Å². The van der Waals surface area contributed by atoms with Crippen molar-refractivity contribution in [2.75, 3.05) is 19.6 Å². The van der Waals surface area contributed by atoms with Gasteiger partial charge in [0.05, 0.1) is 16.3 Å². The molecule has 1 aliphatic heterocycles. The molecule has 0 amide bonds. The summed E-state index contributed by atoms with van der Waals surface area (Å²) in [4.78, 5) is 12.0. The lowest BCUT2D eigenvalue weighted by Crippen LogP contribution is -2.68. The minimum Gasteiger partial charge on any atom is -0.481 e. The number of halogens is 1. The summed E-state index contributed by atoms with van der Waals surface area (Å²) in [6.07, 6.45) is 1.06. The van der Waals surface area contributed by atoms with Gasteiger partial charge < -0.3 is 15.7 Å². The fraction of sp³-hybridized carbons (Fsp3) is 0.545. The first-order valence-electron chi connectivity index (χ1n) is 5.51. The topological polar surface area (TPSA) is 61.4 Å². The Bertz CT molecular complexity index is 404. The van der Waals surface area contributed by atoms with Crippen LogP contribution in [0.1, 0.15) is 11.3 Å². The maximum absolute atomic E-state index is 10.8. The monoisotopic (exact) mass is 274 g/mol. The zero-order chi connectivity index (χ0) is 12.3. The SMILES string of the molecule is O=C(O)CC1(NCCc2ccc(Cl)s2)CNC1. The third kappa shape index (κ3) is 3.42. The van der Waals surface area contributed by atoms with Gasteiger partial charge in [0.1, 0.15) is 0 Å². The summed E-state index contributed by atoms with van der Waals surface area (Å²) in [6.45, 7) is 2.24. The van der Waals surface area contributed by atoms with E-state index >= 15 is 0 Å². The van der Waals surface area contributed by atoms with Crippen molar-refractivity contribution in [3.8, 4) is 0 Å². The normalized spacial score (nSPS) is 17.7. The highest BCUT2D eigenvalue weighted by molar-refractivity contribution is 7.16. The summed E-state index contributed by atoms with van der Waals surface area (Å²) >= 11 is 7.42. The first-order valence-corrected chi connectivity index (χ1v) is 6.71. The molecule has 0 bridgehead atoms. The van der Waals surface area contributed by atoms with Crippen LogP contribution >= 0.6 is 22.9 Å². The van der Waals surface area contributed by atoms with Gasteiger partial charge in [-0.3, -0.25) is 4.79 Å². The van der Waals surface area contributed by atoms with Crippen LogP contribution in [0.25, 0.3) is 0 Å². The molecule has 0 aromatic carbocycles. The molecule has 3 N–H and O–H groups in total. The largest absolute Gasteiger partial charge is 0.481 e. The molecule has 0 aliphatic carbocycles. The summed E-state index contributed by atoms with van der Waals surface area (Å²) in [5.74, 6) is -0.752. The zero-order valence-electron chi connectivity index (χ0n) is 9.33. The van der Waals surface area contributed by atoms with Crippen LogP contribution in [0.5, 0.6) is 0 Å². The van der Waals surface area contributed by atoms with Gasteiger partial charge in [-0.2, -0.15) is 0 Å². The number of thiophene rings is 1. The number of carboxylic acid groups (broad SMARTS) is 1. The Kier molecular flexibility index (Phi) is 4.04. The molecule has 2 rings (SSSR count). The zero-order valence-corrected chi connectivity index (χ0v) is 10.9. The van der Waals surface area contributed by atoms with Crippen molar-refractivity contribution < 1.29 is 9.90 Å². The second kappa shape index (κ2) is 5.35. The van der Waals surface area contributed by atoms with Crippen LogP contribution in [-0.2, 0) is 11.2 Å². The van der Waals surface area contributed by atoms with Gasteiger partial charge in [0.15, 0.2) is 0 Å². The van der Waals surface area contributed by atoms with Gasteiger partial charge in [-0.05, 0) is 18.6 Å². The third-order valence-corrected chi connectivity index (χ3v) is 4.21. The average Bonchev–Trinajstić information content (AvgIpc) is 2.60. The molecule has 1 aliphatic rings. The summed E-state index contributed by atoms with van der Waals surface area (Å²) in [7, 11) is 0. The Hall–Kier alpha value is -0.620. The van der Waals surface area contributed by atoms with Gasteiger partial charge in [0, 0.05) is 24.5 Å². The van der Waals surface area contributed by atoms with Crippen molar-refractivity contribution in [3.05, 3.63) is 21.3 Å². The Morgan fingerprint density at radius 1 is 1.59 bits per heavy atom. The second-order valence-corrected chi connectivity index (χ2v) is 6.14. The maximum atomic E-state index is 10.8. The Morgan fingerprint density at radius 3 is 2.82 bits per heavy atom. The van der Waals surface area contributed by atoms with E-state index in [1.165, 1.54) is 4.88 Å². The van der Waals surface area contributed by atoms with E-state index in [1.54, 1.807) is 11.3 Å². The number of aliphatic carboxylic acids is 1. The van der Waals surface area contributed by atoms with Crippen molar-refractivity contribution >= 4 is 28.9 Å². The van der Waals surface area contributed by atoms with E-state index in [-0.39, 0.29) is 12.0 Å². The number of hydrogen-bond acceptors (Lipinski definition) is 4. The Labute approximate surface area is 109 Å². The summed E-state index contributed by atoms with van der Waals surface area (Å²) in [6, 6.07) is 3.90. The van der Waals surface area contributed by atoms with E-state index in [1.807, 2.05) is 12.1 Å². The highest BCUT2D eigenvalue weighted by atomic mass is 35.5. The van der Waals surface area contributed by atoms with Crippen molar-refractivity contribution in [3.63, 3.8) is 0 Å². The fourth-order valence-electron chi connectivity index (χ4n) is 1.97. The lowest BCUT2D eigenvalue weighted by molar-refractivity contribution is -0.139. The lowest BCUT2D eigenvalue weighted by Gasteiger charge is -2.42. The molecule has 0 saturated carbocycles. The van der Waals surface area contributed by atoms with E-state index in [0.717, 1.165) is 30.4 Å². The number of rotatable bonds is 6.